The number of ether oxygens (including phenoxy) is 2. The minimum absolute atomic E-state index is 0.140. The molecule has 0 aromatic heterocycles. The van der Waals surface area contributed by atoms with E-state index in [0.717, 1.165) is 18.7 Å². The molecule has 0 saturated carbocycles. The Morgan fingerprint density at radius 2 is 1.68 bits per heavy atom. The van der Waals surface area contributed by atoms with Gasteiger partial charge in [-0.25, -0.2) is 4.79 Å². The molecule has 7 nitrogen and oxygen atoms in total. The van der Waals surface area contributed by atoms with Crippen molar-refractivity contribution in [3.63, 3.8) is 0 Å². The third kappa shape index (κ3) is 3.21. The van der Waals surface area contributed by atoms with E-state index in [1.807, 2.05) is 12.1 Å². The minimum atomic E-state index is -0.358. The van der Waals surface area contributed by atoms with Crippen molar-refractivity contribution in [1.29, 1.82) is 0 Å². The van der Waals surface area contributed by atoms with Crippen LogP contribution in [0.25, 0.3) is 0 Å². The Kier molecular flexibility index (Phi) is 3.89. The molecule has 0 bridgehead atoms. The summed E-state index contributed by atoms with van der Waals surface area (Å²) in [5.74, 6) is 1.41. The van der Waals surface area contributed by atoms with Gasteiger partial charge in [-0.15, -0.1) is 0 Å². The van der Waals surface area contributed by atoms with Gasteiger partial charge in [0.15, 0.2) is 11.5 Å². The zero-order valence-corrected chi connectivity index (χ0v) is 13.5. The summed E-state index contributed by atoms with van der Waals surface area (Å²) >= 11 is 0. The summed E-state index contributed by atoms with van der Waals surface area (Å²) in [4.78, 5) is 25.6. The Labute approximate surface area is 144 Å². The fraction of sp³-hybridized carbons (Fsp3) is 0.222. The van der Waals surface area contributed by atoms with Crippen LogP contribution >= 0.6 is 0 Å². The number of hydrogen-bond donors (Lipinski definition) is 2. The Morgan fingerprint density at radius 1 is 0.960 bits per heavy atom. The molecular weight excluding hydrogens is 322 g/mol. The van der Waals surface area contributed by atoms with Gasteiger partial charge in [-0.05, 0) is 42.8 Å². The van der Waals surface area contributed by atoms with Gasteiger partial charge in [-0.2, -0.15) is 0 Å². The van der Waals surface area contributed by atoms with Crippen molar-refractivity contribution in [2.75, 3.05) is 28.9 Å². The van der Waals surface area contributed by atoms with Crippen LogP contribution in [0.2, 0.25) is 0 Å². The summed E-state index contributed by atoms with van der Waals surface area (Å²) in [6.07, 6.45) is 1.48. The van der Waals surface area contributed by atoms with Gasteiger partial charge >= 0.3 is 6.03 Å². The number of carbonyl (C=O) groups excluding carboxylic acids is 2. The zero-order valence-electron chi connectivity index (χ0n) is 13.5. The van der Waals surface area contributed by atoms with Gasteiger partial charge in [0, 0.05) is 36.1 Å². The van der Waals surface area contributed by atoms with Crippen molar-refractivity contribution >= 4 is 29.0 Å². The van der Waals surface area contributed by atoms with Crippen LogP contribution in [0.3, 0.4) is 0 Å². The standard InChI is InChI=1S/C18H17N3O4/c22-17-2-1-9-21(17)14-6-3-12(4-7-14)19-18(23)20-13-5-8-15-16(10-13)25-11-24-15/h3-8,10H,1-2,9,11H2,(H2,19,20,23). The molecule has 0 spiro atoms. The molecular formula is C18H17N3O4. The maximum atomic E-state index is 12.1. The molecule has 7 heteroatoms. The Balaban J connectivity index is 1.38. The molecule has 0 aliphatic carbocycles. The van der Waals surface area contributed by atoms with Gasteiger partial charge in [0.05, 0.1) is 0 Å². The Bertz CT molecular complexity index is 820. The molecule has 0 unspecified atom stereocenters. The molecule has 1 fully saturated rings. The highest BCUT2D eigenvalue weighted by molar-refractivity contribution is 6.00. The molecule has 25 heavy (non-hydrogen) atoms. The maximum Gasteiger partial charge on any atom is 0.323 e. The number of anilines is 3. The van der Waals surface area contributed by atoms with E-state index in [1.165, 1.54) is 0 Å². The predicted octanol–water partition coefficient (Wildman–Crippen LogP) is 3.19. The molecule has 2 aromatic carbocycles. The third-order valence-electron chi connectivity index (χ3n) is 4.14. The van der Waals surface area contributed by atoms with E-state index < -0.39 is 0 Å². The predicted molar refractivity (Wildman–Crippen MR) is 93.2 cm³/mol. The van der Waals surface area contributed by atoms with E-state index >= 15 is 0 Å². The van der Waals surface area contributed by atoms with Crippen molar-refractivity contribution in [2.45, 2.75) is 12.8 Å². The Hall–Kier alpha value is -3.22. The average molecular weight is 339 g/mol. The first-order valence-electron chi connectivity index (χ1n) is 8.07. The molecule has 2 aromatic rings. The number of hydrogen-bond acceptors (Lipinski definition) is 4. The lowest BCUT2D eigenvalue weighted by Gasteiger charge is -2.16. The second-order valence-corrected chi connectivity index (χ2v) is 5.84. The van der Waals surface area contributed by atoms with E-state index in [0.29, 0.717) is 29.3 Å². The second-order valence-electron chi connectivity index (χ2n) is 5.84. The maximum absolute atomic E-state index is 12.1. The number of benzene rings is 2. The molecule has 3 amide bonds. The molecule has 4 rings (SSSR count). The van der Waals surface area contributed by atoms with E-state index in [9.17, 15) is 9.59 Å². The van der Waals surface area contributed by atoms with Crippen molar-refractivity contribution in [1.82, 2.24) is 0 Å². The largest absolute Gasteiger partial charge is 0.454 e. The molecule has 2 N–H and O–H groups in total. The van der Waals surface area contributed by atoms with Gasteiger partial charge in [-0.3, -0.25) is 4.79 Å². The molecule has 2 aliphatic heterocycles. The zero-order chi connectivity index (χ0) is 17.2. The SMILES string of the molecule is O=C(Nc1ccc(N2CCCC2=O)cc1)Nc1ccc2c(c1)OCO2. The minimum Gasteiger partial charge on any atom is -0.454 e. The number of fused-ring (bicyclic) bond motifs is 1. The van der Waals surface area contributed by atoms with Crippen molar-refractivity contribution < 1.29 is 19.1 Å². The first kappa shape index (κ1) is 15.3. The lowest BCUT2D eigenvalue weighted by Crippen LogP contribution is -2.23. The van der Waals surface area contributed by atoms with Gasteiger partial charge in [0.25, 0.3) is 0 Å². The average Bonchev–Trinajstić information content (AvgIpc) is 3.24. The van der Waals surface area contributed by atoms with Gasteiger partial charge in [0.1, 0.15) is 0 Å². The van der Waals surface area contributed by atoms with Crippen molar-refractivity contribution in [3.05, 3.63) is 42.5 Å². The highest BCUT2D eigenvalue weighted by Crippen LogP contribution is 2.34. The van der Waals surface area contributed by atoms with Crippen LogP contribution < -0.4 is 25.0 Å². The fourth-order valence-electron chi connectivity index (χ4n) is 2.91. The van der Waals surface area contributed by atoms with Crippen LogP contribution in [0.1, 0.15) is 12.8 Å². The van der Waals surface area contributed by atoms with Crippen LogP contribution in [0.15, 0.2) is 42.5 Å². The van der Waals surface area contributed by atoms with Crippen molar-refractivity contribution in [2.24, 2.45) is 0 Å². The monoisotopic (exact) mass is 339 g/mol. The number of nitrogens with one attached hydrogen (secondary N) is 2. The molecule has 128 valence electrons. The van der Waals surface area contributed by atoms with E-state index in [4.69, 9.17) is 9.47 Å². The summed E-state index contributed by atoms with van der Waals surface area (Å²) < 4.78 is 10.5. The quantitative estimate of drug-likeness (QED) is 0.900. The normalized spacial score (nSPS) is 15.4. The molecule has 2 aliphatic rings. The number of urea groups is 1. The first-order valence-corrected chi connectivity index (χ1v) is 8.07. The van der Waals surface area contributed by atoms with Crippen LogP contribution in [0, 0.1) is 0 Å². The van der Waals surface area contributed by atoms with Gasteiger partial charge in [0.2, 0.25) is 12.7 Å². The summed E-state index contributed by atoms with van der Waals surface area (Å²) in [5, 5.41) is 5.51. The lowest BCUT2D eigenvalue weighted by atomic mass is 10.2. The van der Waals surface area contributed by atoms with Crippen LogP contribution in [0.4, 0.5) is 21.9 Å². The third-order valence-corrected chi connectivity index (χ3v) is 4.14. The van der Waals surface area contributed by atoms with E-state index in [1.54, 1.807) is 35.2 Å². The van der Waals surface area contributed by atoms with Gasteiger partial charge in [-0.1, -0.05) is 0 Å². The van der Waals surface area contributed by atoms with E-state index in [2.05, 4.69) is 10.6 Å². The van der Waals surface area contributed by atoms with Crippen LogP contribution in [-0.2, 0) is 4.79 Å². The number of nitrogens with zero attached hydrogens (tertiary/aromatic N) is 1. The van der Waals surface area contributed by atoms with E-state index in [-0.39, 0.29) is 18.7 Å². The molecule has 2 heterocycles. The summed E-state index contributed by atoms with van der Waals surface area (Å²) in [7, 11) is 0. The molecule has 0 radical (unpaired) electrons. The highest BCUT2D eigenvalue weighted by atomic mass is 16.7. The smallest absolute Gasteiger partial charge is 0.323 e. The fourth-order valence-corrected chi connectivity index (χ4v) is 2.91. The first-order chi connectivity index (χ1) is 12.2. The molecule has 1 saturated heterocycles. The van der Waals surface area contributed by atoms with Gasteiger partial charge < -0.3 is 25.0 Å². The second kappa shape index (κ2) is 6.35. The topological polar surface area (TPSA) is 79.9 Å². The summed E-state index contributed by atoms with van der Waals surface area (Å²) in [6, 6.07) is 12.1. The molecule has 0 atom stereocenters. The summed E-state index contributed by atoms with van der Waals surface area (Å²) in [6.45, 7) is 0.938. The van der Waals surface area contributed by atoms with Crippen LogP contribution in [0.5, 0.6) is 11.5 Å². The highest BCUT2D eigenvalue weighted by Gasteiger charge is 2.21. The number of rotatable bonds is 3. The lowest BCUT2D eigenvalue weighted by molar-refractivity contribution is -0.117. The Morgan fingerprint density at radius 3 is 2.44 bits per heavy atom. The summed E-state index contributed by atoms with van der Waals surface area (Å²) in [5.41, 5.74) is 2.11. The van der Waals surface area contributed by atoms with Crippen LogP contribution in [-0.4, -0.2) is 25.3 Å². The van der Waals surface area contributed by atoms with Crippen molar-refractivity contribution in [3.8, 4) is 11.5 Å². The number of carbonyl (C=O) groups is 2. The number of amides is 3.